The van der Waals surface area contributed by atoms with Gasteiger partial charge < -0.3 is 10.1 Å². The van der Waals surface area contributed by atoms with Crippen molar-refractivity contribution in [1.82, 2.24) is 9.97 Å². The summed E-state index contributed by atoms with van der Waals surface area (Å²) in [6.45, 7) is 5.79. The molecule has 1 N–H and O–H groups in total. The molecule has 0 aromatic carbocycles. The average Bonchev–Trinajstić information content (AvgIpc) is 2.88. The second kappa shape index (κ2) is 6.85. The van der Waals surface area contributed by atoms with E-state index < -0.39 is 0 Å². The van der Waals surface area contributed by atoms with Crippen molar-refractivity contribution < 1.29 is 4.74 Å². The van der Waals surface area contributed by atoms with Crippen molar-refractivity contribution in [3.05, 3.63) is 17.6 Å². The zero-order valence-corrected chi connectivity index (χ0v) is 12.3. The van der Waals surface area contributed by atoms with Gasteiger partial charge in [-0.05, 0) is 32.1 Å². The minimum Gasteiger partial charge on any atom is -0.378 e. The van der Waals surface area contributed by atoms with E-state index in [4.69, 9.17) is 4.74 Å². The molecule has 1 aliphatic carbocycles. The topological polar surface area (TPSA) is 47.0 Å². The van der Waals surface area contributed by atoms with Gasteiger partial charge in [0.25, 0.3) is 0 Å². The summed E-state index contributed by atoms with van der Waals surface area (Å²) in [5.74, 6) is 3.31. The molecule has 1 heterocycles. The van der Waals surface area contributed by atoms with Crippen molar-refractivity contribution in [2.24, 2.45) is 5.92 Å². The normalized spacial score (nSPS) is 22.7. The zero-order chi connectivity index (χ0) is 13.7. The standard InChI is InChI=1S/C15H25N3O/c1-4-11-6-7-12(8-11)15-17-13(10-19-3)9-14(18-15)16-5-2/h9,11-12H,4-8,10H2,1-3H3,(H,16,17,18). The molecular formula is C15H25N3O. The van der Waals surface area contributed by atoms with Gasteiger partial charge in [-0.25, -0.2) is 9.97 Å². The second-order valence-corrected chi connectivity index (χ2v) is 5.35. The quantitative estimate of drug-likeness (QED) is 0.855. The molecule has 2 rings (SSSR count). The first-order valence-electron chi connectivity index (χ1n) is 7.37. The zero-order valence-electron chi connectivity index (χ0n) is 12.3. The highest BCUT2D eigenvalue weighted by Crippen LogP contribution is 2.38. The number of hydrogen-bond acceptors (Lipinski definition) is 4. The smallest absolute Gasteiger partial charge is 0.134 e. The Morgan fingerprint density at radius 2 is 2.16 bits per heavy atom. The lowest BCUT2D eigenvalue weighted by Crippen LogP contribution is -2.09. The highest BCUT2D eigenvalue weighted by atomic mass is 16.5. The van der Waals surface area contributed by atoms with E-state index in [2.05, 4.69) is 29.1 Å². The lowest BCUT2D eigenvalue weighted by molar-refractivity contribution is 0.181. The minimum atomic E-state index is 0.527. The minimum absolute atomic E-state index is 0.527. The van der Waals surface area contributed by atoms with Crippen molar-refractivity contribution in [3.8, 4) is 0 Å². The van der Waals surface area contributed by atoms with E-state index in [1.165, 1.54) is 25.7 Å². The van der Waals surface area contributed by atoms with Crippen LogP contribution < -0.4 is 5.32 Å². The molecule has 0 saturated heterocycles. The first-order valence-corrected chi connectivity index (χ1v) is 7.37. The summed E-state index contributed by atoms with van der Waals surface area (Å²) < 4.78 is 5.20. The molecule has 19 heavy (non-hydrogen) atoms. The van der Waals surface area contributed by atoms with E-state index >= 15 is 0 Å². The predicted molar refractivity (Wildman–Crippen MR) is 77.3 cm³/mol. The lowest BCUT2D eigenvalue weighted by Gasteiger charge is -2.13. The summed E-state index contributed by atoms with van der Waals surface area (Å²) in [5.41, 5.74) is 0.975. The Hall–Kier alpha value is -1.16. The molecule has 1 aromatic rings. The van der Waals surface area contributed by atoms with Crippen molar-refractivity contribution >= 4 is 5.82 Å². The number of rotatable bonds is 6. The molecule has 1 saturated carbocycles. The Morgan fingerprint density at radius 3 is 2.79 bits per heavy atom. The van der Waals surface area contributed by atoms with Crippen LogP contribution in [0.1, 0.15) is 57.0 Å². The van der Waals surface area contributed by atoms with Gasteiger partial charge in [0.05, 0.1) is 12.3 Å². The van der Waals surface area contributed by atoms with Crippen LogP contribution in [0.5, 0.6) is 0 Å². The molecule has 106 valence electrons. The number of methoxy groups -OCH3 is 1. The van der Waals surface area contributed by atoms with E-state index in [9.17, 15) is 0 Å². The molecular weight excluding hydrogens is 238 g/mol. The van der Waals surface area contributed by atoms with Crippen molar-refractivity contribution in [1.29, 1.82) is 0 Å². The summed E-state index contributed by atoms with van der Waals surface area (Å²) in [4.78, 5) is 9.36. The van der Waals surface area contributed by atoms with Gasteiger partial charge in [0.15, 0.2) is 0 Å². The Morgan fingerprint density at radius 1 is 1.32 bits per heavy atom. The molecule has 0 radical (unpaired) electrons. The van der Waals surface area contributed by atoms with Crippen LogP contribution in [0.25, 0.3) is 0 Å². The van der Waals surface area contributed by atoms with Crippen LogP contribution >= 0.6 is 0 Å². The fourth-order valence-corrected chi connectivity index (χ4v) is 2.87. The van der Waals surface area contributed by atoms with E-state index in [0.29, 0.717) is 12.5 Å². The molecule has 1 fully saturated rings. The average molecular weight is 263 g/mol. The number of aromatic nitrogens is 2. The highest BCUT2D eigenvalue weighted by molar-refractivity contribution is 5.36. The molecule has 2 atom stereocenters. The third-order valence-electron chi connectivity index (χ3n) is 3.93. The van der Waals surface area contributed by atoms with E-state index in [1.807, 2.05) is 6.07 Å². The molecule has 1 aromatic heterocycles. The van der Waals surface area contributed by atoms with Gasteiger partial charge in [0.1, 0.15) is 11.6 Å². The molecule has 0 aliphatic heterocycles. The van der Waals surface area contributed by atoms with E-state index in [-0.39, 0.29) is 0 Å². The van der Waals surface area contributed by atoms with Crippen molar-refractivity contribution in [2.75, 3.05) is 19.0 Å². The van der Waals surface area contributed by atoms with Gasteiger partial charge in [-0.2, -0.15) is 0 Å². The van der Waals surface area contributed by atoms with E-state index in [1.54, 1.807) is 7.11 Å². The van der Waals surface area contributed by atoms with Crippen LogP contribution in [0.3, 0.4) is 0 Å². The molecule has 0 bridgehead atoms. The fourth-order valence-electron chi connectivity index (χ4n) is 2.87. The first kappa shape index (κ1) is 14.3. The summed E-state index contributed by atoms with van der Waals surface area (Å²) in [6, 6.07) is 1.99. The molecule has 2 unspecified atom stereocenters. The van der Waals surface area contributed by atoms with Crippen molar-refractivity contribution in [2.45, 2.75) is 52.1 Å². The summed E-state index contributed by atoms with van der Waals surface area (Å²) in [6.07, 6.45) is 5.04. The Kier molecular flexibility index (Phi) is 5.14. The fraction of sp³-hybridized carbons (Fsp3) is 0.733. The molecule has 4 nitrogen and oxygen atoms in total. The Bertz CT molecular complexity index is 384. The van der Waals surface area contributed by atoms with Crippen LogP contribution in [0, 0.1) is 5.92 Å². The SMILES string of the molecule is CCNc1cc(COC)nc(C2CCC(CC)C2)n1. The summed E-state index contributed by atoms with van der Waals surface area (Å²) in [5, 5.41) is 3.29. The maximum Gasteiger partial charge on any atom is 0.134 e. The van der Waals surface area contributed by atoms with Crippen molar-refractivity contribution in [3.63, 3.8) is 0 Å². The van der Waals surface area contributed by atoms with Gasteiger partial charge in [0.2, 0.25) is 0 Å². The lowest BCUT2D eigenvalue weighted by atomic mass is 10.0. The maximum absolute atomic E-state index is 5.20. The maximum atomic E-state index is 5.20. The monoisotopic (exact) mass is 263 g/mol. The Balaban J connectivity index is 2.18. The van der Waals surface area contributed by atoms with Crippen LogP contribution in [0.15, 0.2) is 6.07 Å². The van der Waals surface area contributed by atoms with Crippen LogP contribution in [0.4, 0.5) is 5.82 Å². The highest BCUT2D eigenvalue weighted by Gasteiger charge is 2.27. The van der Waals surface area contributed by atoms with E-state index in [0.717, 1.165) is 29.8 Å². The number of nitrogens with one attached hydrogen (secondary N) is 1. The largest absolute Gasteiger partial charge is 0.378 e. The second-order valence-electron chi connectivity index (χ2n) is 5.35. The van der Waals surface area contributed by atoms with Crippen LogP contribution in [0.2, 0.25) is 0 Å². The predicted octanol–water partition coefficient (Wildman–Crippen LogP) is 3.35. The number of hydrogen-bond donors (Lipinski definition) is 1. The van der Waals surface area contributed by atoms with Crippen LogP contribution in [-0.2, 0) is 11.3 Å². The Labute approximate surface area is 116 Å². The van der Waals surface area contributed by atoms with Gasteiger partial charge in [0, 0.05) is 25.6 Å². The first-order chi connectivity index (χ1) is 9.26. The third kappa shape index (κ3) is 3.66. The summed E-state index contributed by atoms with van der Waals surface area (Å²) >= 11 is 0. The third-order valence-corrected chi connectivity index (χ3v) is 3.93. The number of nitrogens with zero attached hydrogens (tertiary/aromatic N) is 2. The van der Waals surface area contributed by atoms with Gasteiger partial charge in [-0.3, -0.25) is 0 Å². The molecule has 1 aliphatic rings. The molecule has 0 spiro atoms. The summed E-state index contributed by atoms with van der Waals surface area (Å²) in [7, 11) is 1.71. The number of anilines is 1. The van der Waals surface area contributed by atoms with Crippen LogP contribution in [-0.4, -0.2) is 23.6 Å². The van der Waals surface area contributed by atoms with Gasteiger partial charge in [-0.15, -0.1) is 0 Å². The molecule has 0 amide bonds. The van der Waals surface area contributed by atoms with Gasteiger partial charge >= 0.3 is 0 Å². The van der Waals surface area contributed by atoms with Gasteiger partial charge in [-0.1, -0.05) is 13.3 Å². The number of ether oxygens (including phenoxy) is 1. The molecule has 4 heteroatoms.